The van der Waals surface area contributed by atoms with Crippen molar-refractivity contribution in [3.05, 3.63) is 108 Å². The SMILES string of the molecule is CCCc1c(C(=O)Nc2ccc(-c3cccc(-c4ccc5c(c4)NC(=O)CO5)n3)cc2)cnn1-c1ccccc1. The first-order valence-corrected chi connectivity index (χ1v) is 13.2. The van der Waals surface area contributed by atoms with Gasteiger partial charge in [-0.25, -0.2) is 9.67 Å². The molecular formula is C32H27N5O3. The molecule has 0 saturated heterocycles. The lowest BCUT2D eigenvalue weighted by atomic mass is 10.1. The van der Waals surface area contributed by atoms with Crippen LogP contribution in [0.4, 0.5) is 11.4 Å². The van der Waals surface area contributed by atoms with Crippen molar-refractivity contribution >= 4 is 23.2 Å². The maximum absolute atomic E-state index is 13.2. The Hall–Kier alpha value is -5.24. The average molecular weight is 530 g/mol. The van der Waals surface area contributed by atoms with Crippen molar-refractivity contribution in [3.63, 3.8) is 0 Å². The van der Waals surface area contributed by atoms with Gasteiger partial charge in [-0.3, -0.25) is 9.59 Å². The van der Waals surface area contributed by atoms with Gasteiger partial charge in [-0.05, 0) is 61.0 Å². The average Bonchev–Trinajstić information content (AvgIpc) is 3.41. The fraction of sp³-hybridized carbons (Fsp3) is 0.125. The first-order chi connectivity index (χ1) is 19.6. The van der Waals surface area contributed by atoms with Crippen LogP contribution in [-0.4, -0.2) is 33.2 Å². The van der Waals surface area contributed by atoms with Crippen molar-refractivity contribution < 1.29 is 14.3 Å². The summed E-state index contributed by atoms with van der Waals surface area (Å²) < 4.78 is 7.30. The normalized spacial score (nSPS) is 12.3. The molecule has 1 aliphatic heterocycles. The van der Waals surface area contributed by atoms with E-state index in [4.69, 9.17) is 9.72 Å². The van der Waals surface area contributed by atoms with Crippen LogP contribution in [0.25, 0.3) is 28.2 Å². The third-order valence-corrected chi connectivity index (χ3v) is 6.70. The van der Waals surface area contributed by atoms with Gasteiger partial charge in [-0.15, -0.1) is 0 Å². The highest BCUT2D eigenvalue weighted by Crippen LogP contribution is 2.33. The van der Waals surface area contributed by atoms with E-state index in [1.807, 2.05) is 95.7 Å². The van der Waals surface area contributed by atoms with Gasteiger partial charge in [0, 0.05) is 16.8 Å². The molecule has 8 nitrogen and oxygen atoms in total. The van der Waals surface area contributed by atoms with Gasteiger partial charge in [0.15, 0.2) is 6.61 Å². The fourth-order valence-electron chi connectivity index (χ4n) is 4.75. The van der Waals surface area contributed by atoms with Crippen molar-refractivity contribution in [1.82, 2.24) is 14.8 Å². The Labute approximate surface area is 231 Å². The number of ether oxygens (including phenoxy) is 1. The second-order valence-electron chi connectivity index (χ2n) is 9.49. The Morgan fingerprint density at radius 3 is 2.48 bits per heavy atom. The molecule has 0 spiro atoms. The third-order valence-electron chi connectivity index (χ3n) is 6.70. The molecule has 0 unspecified atom stereocenters. The predicted octanol–water partition coefficient (Wildman–Crippen LogP) is 6.14. The summed E-state index contributed by atoms with van der Waals surface area (Å²) in [5.41, 5.74) is 7.06. The molecule has 3 aromatic carbocycles. The van der Waals surface area contributed by atoms with Crippen LogP contribution >= 0.6 is 0 Å². The van der Waals surface area contributed by atoms with E-state index in [-0.39, 0.29) is 18.4 Å². The van der Waals surface area contributed by atoms with Gasteiger partial charge in [0.05, 0.1) is 40.2 Å². The summed E-state index contributed by atoms with van der Waals surface area (Å²) in [6, 6.07) is 28.9. The largest absolute Gasteiger partial charge is 0.482 e. The highest BCUT2D eigenvalue weighted by Gasteiger charge is 2.19. The quantitative estimate of drug-likeness (QED) is 0.264. The van der Waals surface area contributed by atoms with Gasteiger partial charge in [0.1, 0.15) is 5.75 Å². The molecule has 1 aliphatic rings. The summed E-state index contributed by atoms with van der Waals surface area (Å²) in [6.45, 7) is 2.11. The number of rotatable bonds is 7. The van der Waals surface area contributed by atoms with Gasteiger partial charge in [-0.1, -0.05) is 49.7 Å². The number of carbonyl (C=O) groups excluding carboxylic acids is 2. The lowest BCUT2D eigenvalue weighted by molar-refractivity contribution is -0.118. The minimum absolute atomic E-state index is 0.0216. The van der Waals surface area contributed by atoms with E-state index < -0.39 is 0 Å². The van der Waals surface area contributed by atoms with Crippen LogP contribution in [0.3, 0.4) is 0 Å². The number of anilines is 2. The molecule has 2 aromatic heterocycles. The third kappa shape index (κ3) is 5.07. The lowest BCUT2D eigenvalue weighted by Crippen LogP contribution is -2.25. The van der Waals surface area contributed by atoms with Gasteiger partial charge < -0.3 is 15.4 Å². The number of benzene rings is 3. The minimum Gasteiger partial charge on any atom is -0.482 e. The zero-order valence-corrected chi connectivity index (χ0v) is 21.9. The second-order valence-corrected chi connectivity index (χ2v) is 9.49. The molecular weight excluding hydrogens is 502 g/mol. The van der Waals surface area contributed by atoms with Gasteiger partial charge in [0.2, 0.25) is 0 Å². The fourth-order valence-corrected chi connectivity index (χ4v) is 4.75. The second kappa shape index (κ2) is 10.9. The number of carbonyl (C=O) groups is 2. The summed E-state index contributed by atoms with van der Waals surface area (Å²) in [7, 11) is 0. The number of amides is 2. The Balaban J connectivity index is 1.20. The van der Waals surface area contributed by atoms with E-state index in [2.05, 4.69) is 22.7 Å². The van der Waals surface area contributed by atoms with Crippen LogP contribution < -0.4 is 15.4 Å². The molecule has 6 rings (SSSR count). The van der Waals surface area contributed by atoms with E-state index in [1.165, 1.54) is 0 Å². The Kier molecular flexibility index (Phi) is 6.80. The number of nitrogens with zero attached hydrogens (tertiary/aromatic N) is 3. The van der Waals surface area contributed by atoms with Crippen LogP contribution in [-0.2, 0) is 11.2 Å². The van der Waals surface area contributed by atoms with E-state index in [9.17, 15) is 9.59 Å². The van der Waals surface area contributed by atoms with Crippen LogP contribution in [0.1, 0.15) is 29.4 Å². The highest BCUT2D eigenvalue weighted by atomic mass is 16.5. The van der Waals surface area contributed by atoms with E-state index >= 15 is 0 Å². The Bertz CT molecular complexity index is 1690. The molecule has 198 valence electrons. The van der Waals surface area contributed by atoms with Crippen molar-refractivity contribution in [2.24, 2.45) is 0 Å². The molecule has 2 N–H and O–H groups in total. The monoisotopic (exact) mass is 529 g/mol. The summed E-state index contributed by atoms with van der Waals surface area (Å²) >= 11 is 0. The molecule has 40 heavy (non-hydrogen) atoms. The Morgan fingerprint density at radius 2 is 1.70 bits per heavy atom. The lowest BCUT2D eigenvalue weighted by Gasteiger charge is -2.18. The molecule has 8 heteroatoms. The van der Waals surface area contributed by atoms with E-state index in [0.29, 0.717) is 22.7 Å². The van der Waals surface area contributed by atoms with Gasteiger partial charge in [-0.2, -0.15) is 5.10 Å². The molecule has 0 fully saturated rings. The zero-order valence-electron chi connectivity index (χ0n) is 21.9. The van der Waals surface area contributed by atoms with E-state index in [1.54, 1.807) is 6.20 Å². The number of hydrogen-bond donors (Lipinski definition) is 2. The van der Waals surface area contributed by atoms with Crippen molar-refractivity contribution in [2.45, 2.75) is 19.8 Å². The van der Waals surface area contributed by atoms with E-state index in [0.717, 1.165) is 46.7 Å². The predicted molar refractivity (Wildman–Crippen MR) is 155 cm³/mol. The zero-order chi connectivity index (χ0) is 27.5. The first-order valence-electron chi connectivity index (χ1n) is 13.2. The molecule has 2 amide bonds. The topological polar surface area (TPSA) is 98.1 Å². The van der Waals surface area contributed by atoms with Gasteiger partial charge in [0.25, 0.3) is 11.8 Å². The number of para-hydroxylation sites is 1. The summed E-state index contributed by atoms with van der Waals surface area (Å²) in [6.07, 6.45) is 3.27. The molecule has 0 aliphatic carbocycles. The number of pyridine rings is 1. The number of fused-ring (bicyclic) bond motifs is 1. The molecule has 0 atom stereocenters. The van der Waals surface area contributed by atoms with Crippen molar-refractivity contribution in [1.29, 1.82) is 0 Å². The van der Waals surface area contributed by atoms with Crippen LogP contribution in [0, 0.1) is 0 Å². The molecule has 0 radical (unpaired) electrons. The number of aromatic nitrogens is 3. The van der Waals surface area contributed by atoms with Crippen molar-refractivity contribution in [2.75, 3.05) is 17.2 Å². The standard InChI is InChI=1S/C32H27N5O3/c1-2-7-29-25(19-33-37(29)24-8-4-3-5-9-24)32(39)34-23-15-12-21(13-16-23)26-10-6-11-27(35-26)22-14-17-30-28(18-22)36-31(38)20-40-30/h3-6,8-19H,2,7,20H2,1H3,(H,34,39)(H,36,38). The summed E-state index contributed by atoms with van der Waals surface area (Å²) in [4.78, 5) is 29.8. The van der Waals surface area contributed by atoms with Gasteiger partial charge >= 0.3 is 0 Å². The maximum Gasteiger partial charge on any atom is 0.262 e. The number of nitrogens with one attached hydrogen (secondary N) is 2. The first kappa shape index (κ1) is 25.1. The maximum atomic E-state index is 13.2. The highest BCUT2D eigenvalue weighted by molar-refractivity contribution is 6.05. The molecule has 0 bridgehead atoms. The molecule has 3 heterocycles. The smallest absolute Gasteiger partial charge is 0.262 e. The summed E-state index contributed by atoms with van der Waals surface area (Å²) in [5.74, 6) is 0.276. The molecule has 5 aromatic rings. The van der Waals surface area contributed by atoms with Crippen LogP contribution in [0.15, 0.2) is 97.2 Å². The molecule has 0 saturated carbocycles. The van der Waals surface area contributed by atoms with Crippen LogP contribution in [0.2, 0.25) is 0 Å². The summed E-state index contributed by atoms with van der Waals surface area (Å²) in [5, 5.41) is 10.4. The van der Waals surface area contributed by atoms with Crippen molar-refractivity contribution in [3.8, 4) is 34.0 Å². The number of hydrogen-bond acceptors (Lipinski definition) is 5. The van der Waals surface area contributed by atoms with Crippen LogP contribution in [0.5, 0.6) is 5.75 Å². The minimum atomic E-state index is -0.193. The Morgan fingerprint density at radius 1 is 0.950 bits per heavy atom.